The average molecular weight is 332 g/mol. The van der Waals surface area contributed by atoms with Crippen LogP contribution < -0.4 is 5.73 Å². The molecule has 1 aliphatic heterocycles. The number of benzene rings is 1. The molecule has 2 aromatic rings. The minimum absolute atomic E-state index is 0.0296. The highest BCUT2D eigenvalue weighted by Gasteiger charge is 2.36. The molecule has 4 nitrogen and oxygen atoms in total. The highest BCUT2D eigenvalue weighted by Crippen LogP contribution is 2.36. The van der Waals surface area contributed by atoms with E-state index >= 15 is 0 Å². The number of nitrogens with zero attached hydrogens (tertiary/aromatic N) is 3. The van der Waals surface area contributed by atoms with E-state index in [1.54, 1.807) is 0 Å². The van der Waals surface area contributed by atoms with E-state index in [0.717, 1.165) is 6.07 Å². The minimum atomic E-state index is -4.44. The molecule has 2 atom stereocenters. The summed E-state index contributed by atoms with van der Waals surface area (Å²) in [5.74, 6) is -2.59. The number of hydrogen-bond donors (Lipinski definition) is 1. The zero-order chi connectivity index (χ0) is 16.8. The van der Waals surface area contributed by atoms with Gasteiger partial charge in [0.15, 0.2) is 11.6 Å². The van der Waals surface area contributed by atoms with Crippen molar-refractivity contribution in [1.29, 1.82) is 0 Å². The van der Waals surface area contributed by atoms with Gasteiger partial charge in [0.2, 0.25) is 0 Å². The Labute approximate surface area is 128 Å². The first-order valence-corrected chi connectivity index (χ1v) is 6.94. The molecule has 23 heavy (non-hydrogen) atoms. The van der Waals surface area contributed by atoms with Gasteiger partial charge in [-0.15, -0.1) is 10.2 Å². The first-order chi connectivity index (χ1) is 10.8. The Kier molecular flexibility index (Phi) is 3.83. The lowest BCUT2D eigenvalue weighted by molar-refractivity contribution is -0.129. The molecule has 0 saturated carbocycles. The normalized spacial score (nSPS) is 21.3. The van der Waals surface area contributed by atoms with Crippen LogP contribution in [0.5, 0.6) is 0 Å². The summed E-state index contributed by atoms with van der Waals surface area (Å²) in [4.78, 5) is 0. The van der Waals surface area contributed by atoms with Gasteiger partial charge in [-0.05, 0) is 18.1 Å². The smallest absolute Gasteiger partial charge is 0.321 e. The highest BCUT2D eigenvalue weighted by atomic mass is 19.4. The van der Waals surface area contributed by atoms with Crippen molar-refractivity contribution in [3.63, 3.8) is 0 Å². The summed E-state index contributed by atoms with van der Waals surface area (Å²) in [6.45, 7) is 0.0296. The lowest BCUT2D eigenvalue weighted by Crippen LogP contribution is -2.30. The second-order valence-corrected chi connectivity index (χ2v) is 5.56. The Morgan fingerprint density at radius 1 is 1.22 bits per heavy atom. The van der Waals surface area contributed by atoms with Crippen LogP contribution in [-0.4, -0.2) is 20.9 Å². The van der Waals surface area contributed by atoms with Crippen LogP contribution >= 0.6 is 0 Å². The van der Waals surface area contributed by atoms with Crippen LogP contribution in [0.15, 0.2) is 18.2 Å². The summed E-state index contributed by atoms with van der Waals surface area (Å²) in [7, 11) is 0. The van der Waals surface area contributed by atoms with Gasteiger partial charge in [0.05, 0.1) is 6.04 Å². The summed E-state index contributed by atoms with van der Waals surface area (Å²) in [6, 6.07) is 3.07. The standard InChI is InChI=1S/C14H13F5N4/c15-9-3-1-2-8(12(9)16)7-4-10(20)13-22-21-11(23(13)6-7)5-14(17,18)19/h1-3,7,10H,4-6,20H2/t7-,10+/m1/s1. The Morgan fingerprint density at radius 3 is 2.65 bits per heavy atom. The van der Waals surface area contributed by atoms with Crippen molar-refractivity contribution in [1.82, 2.24) is 14.8 Å². The molecule has 0 bridgehead atoms. The van der Waals surface area contributed by atoms with Crippen LogP contribution in [0.1, 0.15) is 35.6 Å². The number of aromatic nitrogens is 3. The molecule has 2 N–H and O–H groups in total. The van der Waals surface area contributed by atoms with E-state index in [4.69, 9.17) is 5.73 Å². The molecule has 0 aliphatic carbocycles. The first kappa shape index (κ1) is 15.9. The van der Waals surface area contributed by atoms with Crippen LogP contribution in [-0.2, 0) is 13.0 Å². The summed E-state index contributed by atoms with van der Waals surface area (Å²) in [5, 5.41) is 7.26. The number of fused-ring (bicyclic) bond motifs is 1. The predicted octanol–water partition coefficient (Wildman–Crippen LogP) is 2.85. The summed E-state index contributed by atoms with van der Waals surface area (Å²) < 4.78 is 66.4. The van der Waals surface area contributed by atoms with Crippen molar-refractivity contribution in [2.75, 3.05) is 0 Å². The van der Waals surface area contributed by atoms with Crippen molar-refractivity contribution in [3.05, 3.63) is 47.0 Å². The van der Waals surface area contributed by atoms with Crippen LogP contribution in [0, 0.1) is 11.6 Å². The maximum absolute atomic E-state index is 14.0. The molecule has 1 aliphatic rings. The molecular weight excluding hydrogens is 319 g/mol. The molecular formula is C14H13F5N4. The molecule has 9 heteroatoms. The molecule has 0 fully saturated rings. The first-order valence-electron chi connectivity index (χ1n) is 6.94. The number of rotatable bonds is 2. The summed E-state index contributed by atoms with van der Waals surface area (Å²) in [5.41, 5.74) is 6.01. The van der Waals surface area contributed by atoms with Gasteiger partial charge in [-0.1, -0.05) is 12.1 Å². The van der Waals surface area contributed by atoms with Crippen LogP contribution in [0.4, 0.5) is 22.0 Å². The minimum Gasteiger partial charge on any atom is -0.321 e. The largest absolute Gasteiger partial charge is 0.396 e. The molecule has 0 unspecified atom stereocenters. The Balaban J connectivity index is 1.96. The van der Waals surface area contributed by atoms with Crippen LogP contribution in [0.2, 0.25) is 0 Å². The van der Waals surface area contributed by atoms with Crippen molar-refractivity contribution in [2.45, 2.75) is 37.5 Å². The van der Waals surface area contributed by atoms with E-state index < -0.39 is 36.2 Å². The van der Waals surface area contributed by atoms with Gasteiger partial charge in [-0.2, -0.15) is 13.2 Å². The topological polar surface area (TPSA) is 56.7 Å². The third-order valence-corrected chi connectivity index (χ3v) is 3.91. The molecule has 0 radical (unpaired) electrons. The second kappa shape index (κ2) is 5.55. The van der Waals surface area contributed by atoms with Crippen molar-refractivity contribution < 1.29 is 22.0 Å². The van der Waals surface area contributed by atoms with Crippen LogP contribution in [0.25, 0.3) is 0 Å². The average Bonchev–Trinajstić information content (AvgIpc) is 2.83. The third-order valence-electron chi connectivity index (χ3n) is 3.91. The molecule has 1 aromatic carbocycles. The third kappa shape index (κ3) is 3.05. The molecule has 124 valence electrons. The molecule has 1 aromatic heterocycles. The fourth-order valence-electron chi connectivity index (χ4n) is 2.90. The van der Waals surface area contributed by atoms with E-state index in [1.807, 2.05) is 0 Å². The molecule has 0 spiro atoms. The fraction of sp³-hybridized carbons (Fsp3) is 0.429. The van der Waals surface area contributed by atoms with E-state index in [-0.39, 0.29) is 30.2 Å². The van der Waals surface area contributed by atoms with Crippen LogP contribution in [0.3, 0.4) is 0 Å². The van der Waals surface area contributed by atoms with Gasteiger partial charge in [0, 0.05) is 12.5 Å². The molecule has 3 rings (SSSR count). The van der Waals surface area contributed by atoms with Crippen molar-refractivity contribution in [3.8, 4) is 0 Å². The highest BCUT2D eigenvalue weighted by molar-refractivity contribution is 5.25. The Morgan fingerprint density at radius 2 is 1.96 bits per heavy atom. The van der Waals surface area contributed by atoms with E-state index in [0.29, 0.717) is 0 Å². The number of nitrogens with two attached hydrogens (primary N) is 1. The van der Waals surface area contributed by atoms with Gasteiger partial charge >= 0.3 is 6.18 Å². The lowest BCUT2D eigenvalue weighted by Gasteiger charge is -2.29. The fourth-order valence-corrected chi connectivity index (χ4v) is 2.90. The van der Waals surface area contributed by atoms with Crippen molar-refractivity contribution >= 4 is 0 Å². The SMILES string of the molecule is N[C@H]1C[C@@H](c2cccc(F)c2F)Cn2c(CC(F)(F)F)nnc21. The summed E-state index contributed by atoms with van der Waals surface area (Å²) in [6.07, 6.45) is -5.43. The Bertz CT molecular complexity index is 724. The van der Waals surface area contributed by atoms with E-state index in [2.05, 4.69) is 10.2 Å². The maximum Gasteiger partial charge on any atom is 0.396 e. The zero-order valence-electron chi connectivity index (χ0n) is 11.8. The van der Waals surface area contributed by atoms with E-state index in [9.17, 15) is 22.0 Å². The lowest BCUT2D eigenvalue weighted by atomic mass is 9.88. The quantitative estimate of drug-likeness (QED) is 0.861. The van der Waals surface area contributed by atoms with Gasteiger partial charge in [-0.25, -0.2) is 8.78 Å². The molecule has 2 heterocycles. The van der Waals surface area contributed by atoms with Gasteiger partial charge in [0.1, 0.15) is 18.1 Å². The van der Waals surface area contributed by atoms with E-state index in [1.165, 1.54) is 16.7 Å². The number of alkyl halides is 3. The summed E-state index contributed by atoms with van der Waals surface area (Å²) >= 11 is 0. The van der Waals surface area contributed by atoms with Gasteiger partial charge < -0.3 is 10.3 Å². The van der Waals surface area contributed by atoms with Crippen molar-refractivity contribution in [2.24, 2.45) is 5.73 Å². The Hall–Kier alpha value is -2.03. The zero-order valence-corrected chi connectivity index (χ0v) is 11.8. The van der Waals surface area contributed by atoms with Gasteiger partial charge in [0.25, 0.3) is 0 Å². The monoisotopic (exact) mass is 332 g/mol. The number of hydrogen-bond acceptors (Lipinski definition) is 3. The number of halogens is 5. The molecule has 0 saturated heterocycles. The second-order valence-electron chi connectivity index (χ2n) is 5.56. The molecule has 0 amide bonds. The predicted molar refractivity (Wildman–Crippen MR) is 70.4 cm³/mol. The maximum atomic E-state index is 14.0. The van der Waals surface area contributed by atoms with Gasteiger partial charge in [-0.3, -0.25) is 0 Å².